The van der Waals surface area contributed by atoms with Crippen molar-refractivity contribution in [1.82, 2.24) is 0 Å². The Balaban J connectivity index is 2.25. The predicted molar refractivity (Wildman–Crippen MR) is 74.5 cm³/mol. The second-order valence-electron chi connectivity index (χ2n) is 5.03. The highest BCUT2D eigenvalue weighted by molar-refractivity contribution is 5.62. The fourth-order valence-electron chi connectivity index (χ4n) is 2.90. The Bertz CT molecular complexity index is 462. The van der Waals surface area contributed by atoms with Crippen LogP contribution in [0.5, 0.6) is 0 Å². The second-order valence-corrected chi connectivity index (χ2v) is 5.03. The van der Waals surface area contributed by atoms with E-state index in [9.17, 15) is 10.1 Å². The standard InChI is InChI=1S/C14H20N2O3/c1-11-13(7-2-8-14(11)16(18)19)15-9-3-5-12(15)6-4-10-17/h2,7-8,12,17H,3-6,9-10H2,1H3. The van der Waals surface area contributed by atoms with E-state index in [2.05, 4.69) is 4.90 Å². The van der Waals surface area contributed by atoms with E-state index in [4.69, 9.17) is 5.11 Å². The molecule has 1 aromatic rings. The van der Waals surface area contributed by atoms with Crippen molar-refractivity contribution < 1.29 is 10.0 Å². The molecule has 5 heteroatoms. The van der Waals surface area contributed by atoms with Crippen LogP contribution in [0.3, 0.4) is 0 Å². The number of nitrogens with zero attached hydrogens (tertiary/aromatic N) is 2. The third-order valence-electron chi connectivity index (χ3n) is 3.86. The maximum absolute atomic E-state index is 11.0. The lowest BCUT2D eigenvalue weighted by molar-refractivity contribution is -0.385. The van der Waals surface area contributed by atoms with Crippen LogP contribution in [0.25, 0.3) is 0 Å². The van der Waals surface area contributed by atoms with Crippen molar-refractivity contribution in [2.45, 2.75) is 38.6 Å². The summed E-state index contributed by atoms with van der Waals surface area (Å²) >= 11 is 0. The molecule has 19 heavy (non-hydrogen) atoms. The van der Waals surface area contributed by atoms with E-state index in [-0.39, 0.29) is 17.2 Å². The lowest BCUT2D eigenvalue weighted by atomic mass is 10.1. The molecule has 1 aliphatic heterocycles. The summed E-state index contributed by atoms with van der Waals surface area (Å²) in [5.74, 6) is 0. The van der Waals surface area contributed by atoms with Gasteiger partial charge in [-0.15, -0.1) is 0 Å². The summed E-state index contributed by atoms with van der Waals surface area (Å²) in [6, 6.07) is 5.66. The molecule has 0 radical (unpaired) electrons. The van der Waals surface area contributed by atoms with Gasteiger partial charge in [-0.2, -0.15) is 0 Å². The van der Waals surface area contributed by atoms with E-state index in [0.717, 1.165) is 43.5 Å². The van der Waals surface area contributed by atoms with Gasteiger partial charge >= 0.3 is 0 Å². The lowest BCUT2D eigenvalue weighted by Gasteiger charge is -2.28. The summed E-state index contributed by atoms with van der Waals surface area (Å²) < 4.78 is 0. The number of aliphatic hydroxyl groups excluding tert-OH is 1. The molecule has 1 aromatic carbocycles. The quantitative estimate of drug-likeness (QED) is 0.656. The molecule has 0 bridgehead atoms. The molecule has 0 aliphatic carbocycles. The molecule has 0 saturated carbocycles. The minimum Gasteiger partial charge on any atom is -0.396 e. The number of rotatable bonds is 5. The van der Waals surface area contributed by atoms with Crippen LogP contribution in [0.1, 0.15) is 31.2 Å². The first kappa shape index (κ1) is 13.8. The van der Waals surface area contributed by atoms with E-state index in [1.54, 1.807) is 12.1 Å². The van der Waals surface area contributed by atoms with E-state index in [1.165, 1.54) is 0 Å². The van der Waals surface area contributed by atoms with Crippen molar-refractivity contribution >= 4 is 11.4 Å². The van der Waals surface area contributed by atoms with Gasteiger partial charge in [0.2, 0.25) is 0 Å². The van der Waals surface area contributed by atoms with Crippen LogP contribution in [0, 0.1) is 17.0 Å². The molecule has 104 valence electrons. The van der Waals surface area contributed by atoms with E-state index >= 15 is 0 Å². The molecule has 0 amide bonds. The van der Waals surface area contributed by atoms with Gasteiger partial charge in [-0.05, 0) is 38.7 Å². The molecule has 1 atom stereocenters. The Morgan fingerprint density at radius 1 is 1.53 bits per heavy atom. The summed E-state index contributed by atoms with van der Waals surface area (Å²) in [6.45, 7) is 2.96. The molecular formula is C14H20N2O3. The van der Waals surface area contributed by atoms with Crippen molar-refractivity contribution in [3.63, 3.8) is 0 Å². The van der Waals surface area contributed by atoms with Gasteiger partial charge in [0.05, 0.1) is 10.5 Å². The molecule has 1 fully saturated rings. The maximum atomic E-state index is 11.0. The fraction of sp³-hybridized carbons (Fsp3) is 0.571. The normalized spacial score (nSPS) is 18.8. The zero-order valence-corrected chi connectivity index (χ0v) is 11.2. The molecule has 1 saturated heterocycles. The minimum absolute atomic E-state index is 0.185. The molecule has 1 aliphatic rings. The van der Waals surface area contributed by atoms with Crippen LogP contribution >= 0.6 is 0 Å². The first-order valence-corrected chi connectivity index (χ1v) is 6.76. The van der Waals surface area contributed by atoms with Gasteiger partial charge in [0.25, 0.3) is 5.69 Å². The number of anilines is 1. The Hall–Kier alpha value is -1.62. The van der Waals surface area contributed by atoms with Crippen LogP contribution in [-0.2, 0) is 0 Å². The summed E-state index contributed by atoms with van der Waals surface area (Å²) in [4.78, 5) is 12.9. The molecule has 0 spiro atoms. The predicted octanol–water partition coefficient (Wildman–Crippen LogP) is 2.64. The van der Waals surface area contributed by atoms with Crippen molar-refractivity contribution in [2.75, 3.05) is 18.1 Å². The topological polar surface area (TPSA) is 66.6 Å². The van der Waals surface area contributed by atoms with Crippen LogP contribution in [-0.4, -0.2) is 29.2 Å². The van der Waals surface area contributed by atoms with E-state index in [1.807, 2.05) is 13.0 Å². The lowest BCUT2D eigenvalue weighted by Crippen LogP contribution is -2.30. The molecule has 5 nitrogen and oxygen atoms in total. The first-order chi connectivity index (χ1) is 9.15. The zero-order valence-electron chi connectivity index (χ0n) is 11.2. The van der Waals surface area contributed by atoms with E-state index < -0.39 is 0 Å². The SMILES string of the molecule is Cc1c(N2CCCC2CCCO)cccc1[N+](=O)[O-]. The number of hydrogen-bond donors (Lipinski definition) is 1. The Morgan fingerprint density at radius 2 is 2.32 bits per heavy atom. The number of hydrogen-bond acceptors (Lipinski definition) is 4. The molecule has 0 aromatic heterocycles. The van der Waals surface area contributed by atoms with Gasteiger partial charge in [-0.3, -0.25) is 10.1 Å². The van der Waals surface area contributed by atoms with Crippen molar-refractivity contribution in [3.05, 3.63) is 33.9 Å². The third-order valence-corrected chi connectivity index (χ3v) is 3.86. The number of nitro benzene ring substituents is 1. The Kier molecular flexibility index (Phi) is 4.37. The van der Waals surface area contributed by atoms with Gasteiger partial charge in [0.15, 0.2) is 0 Å². The largest absolute Gasteiger partial charge is 0.396 e. The summed E-state index contributed by atoms with van der Waals surface area (Å²) in [7, 11) is 0. The molecule has 2 rings (SSSR count). The van der Waals surface area contributed by atoms with Gasteiger partial charge in [-0.25, -0.2) is 0 Å². The smallest absolute Gasteiger partial charge is 0.274 e. The van der Waals surface area contributed by atoms with Crippen molar-refractivity contribution in [1.29, 1.82) is 0 Å². The fourth-order valence-corrected chi connectivity index (χ4v) is 2.90. The maximum Gasteiger partial charge on any atom is 0.274 e. The van der Waals surface area contributed by atoms with Crippen molar-refractivity contribution in [3.8, 4) is 0 Å². The second kappa shape index (κ2) is 6.02. The Labute approximate surface area is 113 Å². The van der Waals surface area contributed by atoms with Crippen LogP contribution in [0.4, 0.5) is 11.4 Å². The molecule has 1 N–H and O–H groups in total. The zero-order chi connectivity index (χ0) is 13.8. The van der Waals surface area contributed by atoms with Crippen LogP contribution in [0.2, 0.25) is 0 Å². The average molecular weight is 264 g/mol. The molecular weight excluding hydrogens is 244 g/mol. The molecule has 1 heterocycles. The van der Waals surface area contributed by atoms with Gasteiger partial charge < -0.3 is 10.0 Å². The van der Waals surface area contributed by atoms with Crippen LogP contribution in [0.15, 0.2) is 18.2 Å². The van der Waals surface area contributed by atoms with Gasteiger partial charge in [0, 0.05) is 30.9 Å². The highest BCUT2D eigenvalue weighted by Gasteiger charge is 2.27. The average Bonchev–Trinajstić information content (AvgIpc) is 2.84. The monoisotopic (exact) mass is 264 g/mol. The highest BCUT2D eigenvalue weighted by Crippen LogP contribution is 2.34. The van der Waals surface area contributed by atoms with E-state index in [0.29, 0.717) is 6.04 Å². The third kappa shape index (κ3) is 2.87. The number of nitro groups is 1. The Morgan fingerprint density at radius 3 is 3.00 bits per heavy atom. The van der Waals surface area contributed by atoms with Gasteiger partial charge in [0.1, 0.15) is 0 Å². The number of aliphatic hydroxyl groups is 1. The summed E-state index contributed by atoms with van der Waals surface area (Å²) in [5.41, 5.74) is 1.89. The highest BCUT2D eigenvalue weighted by atomic mass is 16.6. The minimum atomic E-state index is -0.322. The van der Waals surface area contributed by atoms with Gasteiger partial charge in [-0.1, -0.05) is 6.07 Å². The summed E-state index contributed by atoms with van der Waals surface area (Å²) in [5, 5.41) is 19.9. The number of benzene rings is 1. The van der Waals surface area contributed by atoms with Crippen molar-refractivity contribution in [2.24, 2.45) is 0 Å². The van der Waals surface area contributed by atoms with Crippen LogP contribution < -0.4 is 4.90 Å². The first-order valence-electron chi connectivity index (χ1n) is 6.76. The summed E-state index contributed by atoms with van der Waals surface area (Å²) in [6.07, 6.45) is 3.94. The molecule has 1 unspecified atom stereocenters.